The van der Waals surface area contributed by atoms with Crippen molar-refractivity contribution in [3.8, 4) is 17.1 Å². The highest BCUT2D eigenvalue weighted by Gasteiger charge is 2.42. The van der Waals surface area contributed by atoms with Crippen molar-refractivity contribution in [3.63, 3.8) is 0 Å². The smallest absolute Gasteiger partial charge is 0.221 e. The molecule has 0 aromatic carbocycles. The molecule has 3 atom stereocenters. The quantitative estimate of drug-likeness (QED) is 0.440. The zero-order valence-corrected chi connectivity index (χ0v) is 24.9. The third kappa shape index (κ3) is 4.91. The summed E-state index contributed by atoms with van der Waals surface area (Å²) in [4.78, 5) is 7.27. The summed E-state index contributed by atoms with van der Waals surface area (Å²) in [5, 5.41) is 25.7. The predicted octanol–water partition coefficient (Wildman–Crippen LogP) is 3.30. The van der Waals surface area contributed by atoms with E-state index < -0.39 is 5.72 Å². The largest absolute Gasteiger partial charge is 0.473 e. The Kier molecular flexibility index (Phi) is 7.75. The molecule has 5 rings (SSSR count). The minimum absolute atomic E-state index is 0.00416. The molecular weight excluding hydrogens is 508 g/mol. The number of fused-ring (bicyclic) bond motifs is 3. The number of aryl methyl sites for hydroxylation is 3. The van der Waals surface area contributed by atoms with Crippen molar-refractivity contribution in [3.05, 3.63) is 40.5 Å². The molecule has 2 unspecified atom stereocenters. The average Bonchev–Trinajstić information content (AvgIpc) is 3.53. The van der Waals surface area contributed by atoms with Gasteiger partial charge in [0.1, 0.15) is 11.6 Å². The maximum absolute atomic E-state index is 10.1. The Balaban J connectivity index is 1.74. The monoisotopic (exact) mass is 550 g/mol. The van der Waals surface area contributed by atoms with Crippen molar-refractivity contribution >= 4 is 17.0 Å². The number of hydrogen-bond acceptors (Lipinski definition) is 9. The van der Waals surface area contributed by atoms with Crippen molar-refractivity contribution in [1.29, 1.82) is 0 Å². The molecule has 2 aliphatic rings. The van der Waals surface area contributed by atoms with Gasteiger partial charge in [-0.15, -0.1) is 0 Å². The Labute approximate surface area is 235 Å². The number of aliphatic hydroxyl groups excluding tert-OH is 1. The van der Waals surface area contributed by atoms with Crippen molar-refractivity contribution < 1.29 is 14.6 Å². The van der Waals surface area contributed by atoms with E-state index >= 15 is 0 Å². The van der Waals surface area contributed by atoms with Crippen LogP contribution in [0.3, 0.4) is 0 Å². The molecule has 0 saturated heterocycles. The van der Waals surface area contributed by atoms with E-state index in [1.54, 1.807) is 4.68 Å². The topological polar surface area (TPSA) is 117 Å². The van der Waals surface area contributed by atoms with Gasteiger partial charge < -0.3 is 19.6 Å². The molecule has 11 heteroatoms. The number of hydrogen-bond donors (Lipinski definition) is 3. The van der Waals surface area contributed by atoms with Crippen molar-refractivity contribution in [2.75, 3.05) is 32.8 Å². The number of hydrazine groups is 1. The molecule has 2 aliphatic heterocycles. The molecule has 3 aromatic rings. The van der Waals surface area contributed by atoms with Gasteiger partial charge in [-0.3, -0.25) is 15.0 Å². The van der Waals surface area contributed by atoms with Gasteiger partial charge in [0.05, 0.1) is 46.7 Å². The summed E-state index contributed by atoms with van der Waals surface area (Å²) >= 11 is 0. The van der Waals surface area contributed by atoms with E-state index in [0.717, 1.165) is 57.1 Å². The van der Waals surface area contributed by atoms with Gasteiger partial charge in [0.25, 0.3) is 0 Å². The van der Waals surface area contributed by atoms with Crippen LogP contribution in [0.5, 0.6) is 5.88 Å². The number of rotatable bonds is 5. The standard InChI is InChI=1S/C29H42N8O3/c1-9-36-14-18(4)40-28-26(19(5)33-35(28)8)24-13-21-23(31-32-27(21)20(6)30-24)12-11-22-25(15-36)37(17(3)16-38)34-29(22,7)39-10-2/h11-13,17-18,34,38H,9-10,14-16H2,1-8H3,(H,31,32)/b12-11+/t17?,18-,29?/m0/s1. The van der Waals surface area contributed by atoms with Crippen molar-refractivity contribution in [2.24, 2.45) is 7.05 Å². The summed E-state index contributed by atoms with van der Waals surface area (Å²) in [5.74, 6) is 0.699. The van der Waals surface area contributed by atoms with Crippen LogP contribution in [0, 0.1) is 13.8 Å². The second-order valence-electron chi connectivity index (χ2n) is 10.9. The minimum Gasteiger partial charge on any atom is -0.473 e. The number of nitrogens with zero attached hydrogens (tertiary/aromatic N) is 6. The Morgan fingerprint density at radius 1 is 1.25 bits per heavy atom. The molecule has 5 heterocycles. The zero-order valence-electron chi connectivity index (χ0n) is 24.9. The molecule has 3 aromatic heterocycles. The fourth-order valence-electron chi connectivity index (χ4n) is 5.82. The summed E-state index contributed by atoms with van der Waals surface area (Å²) < 4.78 is 14.7. The average molecular weight is 551 g/mol. The van der Waals surface area contributed by atoms with E-state index in [0.29, 0.717) is 25.6 Å². The number of aromatic nitrogens is 5. The lowest BCUT2D eigenvalue weighted by atomic mass is 10.0. The first-order valence-electron chi connectivity index (χ1n) is 14.1. The van der Waals surface area contributed by atoms with E-state index in [2.05, 4.69) is 62.7 Å². The maximum atomic E-state index is 10.1. The lowest BCUT2D eigenvalue weighted by Crippen LogP contribution is -2.52. The maximum Gasteiger partial charge on any atom is 0.221 e. The third-order valence-electron chi connectivity index (χ3n) is 7.82. The number of aliphatic hydroxyl groups is 1. The van der Waals surface area contributed by atoms with Crippen molar-refractivity contribution in [2.45, 2.75) is 66.3 Å². The van der Waals surface area contributed by atoms with Crippen molar-refractivity contribution in [1.82, 2.24) is 40.3 Å². The zero-order chi connectivity index (χ0) is 28.8. The van der Waals surface area contributed by atoms with Crippen LogP contribution >= 0.6 is 0 Å². The molecular formula is C29H42N8O3. The summed E-state index contributed by atoms with van der Waals surface area (Å²) in [6.07, 6.45) is 4.05. The van der Waals surface area contributed by atoms with Crippen LogP contribution in [0.15, 0.2) is 23.4 Å². The van der Waals surface area contributed by atoms with Gasteiger partial charge in [-0.25, -0.2) is 4.68 Å². The minimum atomic E-state index is -0.767. The van der Waals surface area contributed by atoms with Crippen LogP contribution in [0.2, 0.25) is 0 Å². The fourth-order valence-corrected chi connectivity index (χ4v) is 5.82. The molecule has 0 amide bonds. The SMILES string of the molecule is CCOC1(C)NN(C(C)CO)C2=C1/C=C/c1[nH]nc3c(C)nc(cc13)-c1c(C)nn(C)c1O[C@@H](C)CN(CC)C2. The Morgan fingerprint density at radius 3 is 2.73 bits per heavy atom. The number of H-pyrrole nitrogens is 1. The van der Waals surface area contributed by atoms with Crippen LogP contribution in [0.25, 0.3) is 28.2 Å². The molecule has 3 N–H and O–H groups in total. The number of likely N-dealkylation sites (N-methyl/N-ethyl adjacent to an activating group) is 1. The highest BCUT2D eigenvalue weighted by atomic mass is 16.5. The van der Waals surface area contributed by atoms with E-state index in [9.17, 15) is 5.11 Å². The van der Waals surface area contributed by atoms with E-state index in [4.69, 9.17) is 14.5 Å². The summed E-state index contributed by atoms with van der Waals surface area (Å²) in [7, 11) is 1.91. The van der Waals surface area contributed by atoms with Crippen LogP contribution in [0.1, 0.15) is 51.7 Å². The summed E-state index contributed by atoms with van der Waals surface area (Å²) in [6, 6.07) is 1.91. The van der Waals surface area contributed by atoms with Gasteiger partial charge in [0.15, 0.2) is 5.72 Å². The number of ether oxygens (including phenoxy) is 2. The van der Waals surface area contributed by atoms with Gasteiger partial charge in [0, 0.05) is 37.7 Å². The van der Waals surface area contributed by atoms with Gasteiger partial charge in [0.2, 0.25) is 5.88 Å². The predicted molar refractivity (Wildman–Crippen MR) is 155 cm³/mol. The number of aromatic amines is 1. The molecule has 216 valence electrons. The Hall–Kier alpha value is -3.25. The van der Waals surface area contributed by atoms with Crippen LogP contribution in [-0.4, -0.2) is 90.7 Å². The highest BCUT2D eigenvalue weighted by molar-refractivity contribution is 5.91. The van der Waals surface area contributed by atoms with Gasteiger partial charge in [-0.1, -0.05) is 13.0 Å². The molecule has 11 nitrogen and oxygen atoms in total. The van der Waals surface area contributed by atoms with E-state index in [-0.39, 0.29) is 18.8 Å². The van der Waals surface area contributed by atoms with Gasteiger partial charge >= 0.3 is 0 Å². The first kappa shape index (κ1) is 28.3. The second kappa shape index (κ2) is 11.0. The first-order chi connectivity index (χ1) is 19.1. The van der Waals surface area contributed by atoms with Crippen LogP contribution < -0.4 is 10.2 Å². The second-order valence-corrected chi connectivity index (χ2v) is 10.9. The Morgan fingerprint density at radius 2 is 2.02 bits per heavy atom. The molecule has 0 fully saturated rings. The van der Waals surface area contributed by atoms with E-state index in [1.165, 1.54) is 0 Å². The lowest BCUT2D eigenvalue weighted by molar-refractivity contribution is -0.0560. The lowest BCUT2D eigenvalue weighted by Gasteiger charge is -2.34. The van der Waals surface area contributed by atoms with Gasteiger partial charge in [-0.05, 0) is 60.2 Å². The van der Waals surface area contributed by atoms with E-state index in [1.807, 2.05) is 41.7 Å². The first-order valence-corrected chi connectivity index (χ1v) is 14.1. The molecule has 2 bridgehead atoms. The molecule has 40 heavy (non-hydrogen) atoms. The third-order valence-corrected chi connectivity index (χ3v) is 7.82. The number of pyridine rings is 1. The molecule has 0 spiro atoms. The summed E-state index contributed by atoms with van der Waals surface area (Å²) in [6.45, 7) is 16.9. The normalized spacial score (nSPS) is 23.6. The van der Waals surface area contributed by atoms with Gasteiger partial charge in [-0.2, -0.15) is 15.6 Å². The highest BCUT2D eigenvalue weighted by Crippen LogP contribution is 2.37. The van der Waals surface area contributed by atoms with Crippen LogP contribution in [0.4, 0.5) is 0 Å². The van der Waals surface area contributed by atoms with Crippen LogP contribution in [-0.2, 0) is 11.8 Å². The molecule has 0 aliphatic carbocycles. The summed E-state index contributed by atoms with van der Waals surface area (Å²) in [5.41, 5.74) is 9.94. The Bertz CT molecular complexity index is 1460. The molecule has 0 radical (unpaired) electrons. The number of nitrogens with one attached hydrogen (secondary N) is 2. The molecule has 0 saturated carbocycles. The fraction of sp³-hybridized carbons (Fsp3) is 0.552.